The number of rotatable bonds is 8. The maximum atomic E-state index is 6.80. The summed E-state index contributed by atoms with van der Waals surface area (Å²) >= 11 is 0. The summed E-state index contributed by atoms with van der Waals surface area (Å²) in [4.78, 5) is 18.1. The van der Waals surface area contributed by atoms with E-state index < -0.39 is 5.60 Å². The minimum atomic E-state index is -0.479. The number of hydrogen-bond donors (Lipinski definition) is 2. The molecule has 0 fully saturated rings. The summed E-state index contributed by atoms with van der Waals surface area (Å²) in [5.74, 6) is 0.925. The van der Waals surface area contributed by atoms with Gasteiger partial charge in [-0.15, -0.1) is 0 Å². The lowest BCUT2D eigenvalue weighted by Crippen LogP contribution is -2.35. The Balaban J connectivity index is 2.01. The van der Waals surface area contributed by atoms with Gasteiger partial charge in [0.1, 0.15) is 0 Å². The van der Waals surface area contributed by atoms with Gasteiger partial charge in [0.25, 0.3) is 0 Å². The Morgan fingerprint density at radius 3 is 1.51 bits per heavy atom. The lowest BCUT2D eigenvalue weighted by molar-refractivity contribution is 0.0269. The third-order valence-electron chi connectivity index (χ3n) is 9.43. The summed E-state index contributed by atoms with van der Waals surface area (Å²) in [5.41, 5.74) is 15.4. The molecule has 2 aliphatic rings. The largest absolute Gasteiger partial charge is 0.464 e. The van der Waals surface area contributed by atoms with Crippen molar-refractivity contribution in [2.45, 2.75) is 113 Å². The van der Waals surface area contributed by atoms with Crippen molar-refractivity contribution in [2.75, 3.05) is 0 Å². The van der Waals surface area contributed by atoms with Gasteiger partial charge < -0.3 is 14.7 Å². The van der Waals surface area contributed by atoms with E-state index in [4.69, 9.17) is 14.7 Å². The predicted molar refractivity (Wildman–Crippen MR) is 173 cm³/mol. The fourth-order valence-corrected chi connectivity index (χ4v) is 7.25. The normalized spacial score (nSPS) is 17.0. The van der Waals surface area contributed by atoms with Crippen LogP contribution in [0.4, 0.5) is 0 Å². The average molecular weight is 553 g/mol. The topological polar surface area (TPSA) is 66.6 Å². The number of aryl methyl sites for hydroxylation is 4. The highest BCUT2D eigenvalue weighted by Crippen LogP contribution is 2.43. The van der Waals surface area contributed by atoms with Crippen LogP contribution >= 0.6 is 0 Å². The van der Waals surface area contributed by atoms with Crippen LogP contribution in [-0.2, 0) is 31.3 Å². The van der Waals surface area contributed by atoms with Crippen LogP contribution in [0.3, 0.4) is 0 Å². The molecule has 3 aromatic heterocycles. The van der Waals surface area contributed by atoms with Crippen LogP contribution in [0.2, 0.25) is 0 Å². The minimum absolute atomic E-state index is 0.261. The first-order valence-electron chi connectivity index (χ1n) is 16.0. The highest BCUT2D eigenvalue weighted by Gasteiger charge is 2.42. The van der Waals surface area contributed by atoms with Crippen molar-refractivity contribution in [3.63, 3.8) is 0 Å². The summed E-state index contributed by atoms with van der Waals surface area (Å²) in [6.45, 7) is 20.2. The van der Waals surface area contributed by atoms with Crippen molar-refractivity contribution in [1.82, 2.24) is 19.9 Å². The monoisotopic (exact) mass is 552 g/mol. The standard InChI is InChI=1S/C36H48N4O/c1-10-22-23(11-2)29-18-31-25(13-4)27(15-6)33(39-31)20-35-40-34(36(16-7,41-35)21(8)9)19-32-26(14-5)24(12-3)30(38-32)17-28(22)37-29/h17-21,37-38H,10-16H2,1-9H3. The molecule has 41 heavy (non-hydrogen) atoms. The number of hydrogen-bond acceptors (Lipinski definition) is 3. The molecule has 0 saturated carbocycles. The van der Waals surface area contributed by atoms with E-state index in [2.05, 4.69) is 96.5 Å². The van der Waals surface area contributed by atoms with Crippen LogP contribution in [0.5, 0.6) is 5.88 Å². The van der Waals surface area contributed by atoms with E-state index in [1.807, 2.05) is 0 Å². The van der Waals surface area contributed by atoms with E-state index >= 15 is 0 Å². The highest BCUT2D eigenvalue weighted by molar-refractivity contribution is 5.93. The molecular weight excluding hydrogens is 504 g/mol. The molecule has 0 aliphatic carbocycles. The summed E-state index contributed by atoms with van der Waals surface area (Å²) < 4.78 is 6.80. The second-order valence-electron chi connectivity index (χ2n) is 11.7. The lowest BCUT2D eigenvalue weighted by Gasteiger charge is -2.31. The van der Waals surface area contributed by atoms with E-state index in [-0.39, 0.29) is 5.92 Å². The fourth-order valence-electron chi connectivity index (χ4n) is 7.25. The first kappa shape index (κ1) is 29.2. The molecule has 5 heteroatoms. The van der Waals surface area contributed by atoms with E-state index in [9.17, 15) is 0 Å². The van der Waals surface area contributed by atoms with Gasteiger partial charge in [0.15, 0.2) is 5.60 Å². The van der Waals surface area contributed by atoms with Gasteiger partial charge in [0, 0.05) is 28.1 Å². The van der Waals surface area contributed by atoms with Gasteiger partial charge in [0.2, 0.25) is 5.88 Å². The van der Waals surface area contributed by atoms with Crippen LogP contribution in [0.1, 0.15) is 121 Å². The smallest absolute Gasteiger partial charge is 0.216 e. The SMILES string of the molecule is CCC1=C(CC)c2cc3[nH]c(cc4[nH]c(cc5nc(cc1n2)OC5(CC)C(C)C)c(CC)c4CC)c(CC)c3CC. The maximum absolute atomic E-state index is 6.80. The highest BCUT2D eigenvalue weighted by atomic mass is 16.5. The molecule has 5 rings (SSSR count). The molecule has 1 unspecified atom stereocenters. The quantitative estimate of drug-likeness (QED) is 0.292. The van der Waals surface area contributed by atoms with Gasteiger partial charge in [-0.25, -0.2) is 9.97 Å². The number of nitrogens with zero attached hydrogens (tertiary/aromatic N) is 2. The van der Waals surface area contributed by atoms with Crippen LogP contribution in [0.15, 0.2) is 24.3 Å². The molecule has 5 heterocycles. The Labute approximate surface area is 245 Å². The van der Waals surface area contributed by atoms with Crippen molar-refractivity contribution in [3.8, 4) is 5.88 Å². The number of fused-ring (bicyclic) bond motifs is 8. The average Bonchev–Trinajstić information content (AvgIpc) is 3.68. The second-order valence-corrected chi connectivity index (χ2v) is 11.7. The fraction of sp³-hybridized carbons (Fsp3) is 0.500. The van der Waals surface area contributed by atoms with E-state index in [1.54, 1.807) is 0 Å². The molecule has 0 saturated heterocycles. The third-order valence-corrected chi connectivity index (χ3v) is 9.43. The van der Waals surface area contributed by atoms with Gasteiger partial charge in [-0.05, 0) is 102 Å². The molecule has 0 radical (unpaired) electrons. The van der Waals surface area contributed by atoms with Gasteiger partial charge in [-0.2, -0.15) is 0 Å². The zero-order valence-corrected chi connectivity index (χ0v) is 26.6. The predicted octanol–water partition coefficient (Wildman–Crippen LogP) is 9.64. The zero-order valence-electron chi connectivity index (χ0n) is 26.6. The first-order chi connectivity index (χ1) is 19.8. The van der Waals surface area contributed by atoms with Crippen LogP contribution < -0.4 is 4.74 Å². The molecule has 2 aliphatic heterocycles. The van der Waals surface area contributed by atoms with Gasteiger partial charge >= 0.3 is 0 Å². The van der Waals surface area contributed by atoms with Crippen molar-refractivity contribution in [1.29, 1.82) is 0 Å². The summed E-state index contributed by atoms with van der Waals surface area (Å²) in [5, 5.41) is 0. The number of aromatic nitrogens is 4. The lowest BCUT2D eigenvalue weighted by atomic mass is 9.84. The molecule has 2 N–H and O–H groups in total. The number of aromatic amines is 2. The van der Waals surface area contributed by atoms with Crippen molar-refractivity contribution in [2.24, 2.45) is 5.92 Å². The second kappa shape index (κ2) is 11.5. The summed E-state index contributed by atoms with van der Waals surface area (Å²) in [7, 11) is 0. The van der Waals surface area contributed by atoms with Gasteiger partial charge in [-0.3, -0.25) is 0 Å². The number of ether oxygens (including phenoxy) is 1. The number of H-pyrrole nitrogens is 2. The molecule has 8 bridgehead atoms. The Bertz CT molecular complexity index is 1650. The van der Waals surface area contributed by atoms with Crippen molar-refractivity contribution >= 4 is 33.2 Å². The maximum Gasteiger partial charge on any atom is 0.216 e. The Kier molecular flexibility index (Phi) is 8.18. The molecule has 218 valence electrons. The number of allylic oxidation sites excluding steroid dienone is 2. The first-order valence-corrected chi connectivity index (χ1v) is 16.0. The van der Waals surface area contributed by atoms with Crippen LogP contribution in [0.25, 0.3) is 33.2 Å². The molecule has 0 spiro atoms. The van der Waals surface area contributed by atoms with E-state index in [1.165, 1.54) is 50.0 Å². The van der Waals surface area contributed by atoms with Gasteiger partial charge in [0.05, 0.1) is 17.1 Å². The minimum Gasteiger partial charge on any atom is -0.464 e. The molecule has 0 amide bonds. The molecular formula is C36H48N4O. The van der Waals surface area contributed by atoms with E-state index in [0.717, 1.165) is 67.5 Å². The Hall–Kier alpha value is -3.34. The summed E-state index contributed by atoms with van der Waals surface area (Å²) in [6.07, 6.45) is 6.59. The van der Waals surface area contributed by atoms with Crippen molar-refractivity contribution in [3.05, 3.63) is 63.6 Å². The van der Waals surface area contributed by atoms with E-state index in [0.29, 0.717) is 5.88 Å². The third kappa shape index (κ3) is 4.71. The molecule has 3 aromatic rings. The Morgan fingerprint density at radius 2 is 1.07 bits per heavy atom. The summed E-state index contributed by atoms with van der Waals surface area (Å²) in [6, 6.07) is 8.97. The van der Waals surface area contributed by atoms with Gasteiger partial charge in [-0.1, -0.05) is 62.3 Å². The number of nitrogens with one attached hydrogen (secondary N) is 2. The molecule has 1 atom stereocenters. The van der Waals surface area contributed by atoms with Crippen LogP contribution in [-0.4, -0.2) is 19.9 Å². The van der Waals surface area contributed by atoms with Crippen molar-refractivity contribution < 1.29 is 4.74 Å². The molecule has 5 nitrogen and oxygen atoms in total. The van der Waals surface area contributed by atoms with Crippen LogP contribution in [0, 0.1) is 5.92 Å². The Morgan fingerprint density at radius 1 is 0.610 bits per heavy atom. The molecule has 0 aromatic carbocycles. The zero-order chi connectivity index (χ0) is 29.5.